The topological polar surface area (TPSA) is 21.3 Å². The van der Waals surface area contributed by atoms with Crippen molar-refractivity contribution < 1.29 is 4.74 Å². The molecule has 1 aliphatic carbocycles. The molecule has 0 radical (unpaired) electrons. The Morgan fingerprint density at radius 2 is 2.25 bits per heavy atom. The minimum atomic E-state index is 0.457. The molecule has 1 heterocycles. The number of hydrogen-bond acceptors (Lipinski definition) is 2. The Bertz CT molecular complexity index is 193. The fourth-order valence-corrected chi connectivity index (χ4v) is 1.91. The Balaban J connectivity index is 1.82. The Morgan fingerprint density at radius 3 is 2.92 bits per heavy atom. The van der Waals surface area contributed by atoms with Gasteiger partial charge < -0.3 is 10.1 Å². The fourth-order valence-electron chi connectivity index (χ4n) is 1.91. The molecule has 1 saturated heterocycles. The van der Waals surface area contributed by atoms with E-state index in [4.69, 9.17) is 11.2 Å². The minimum Gasteiger partial charge on any atom is -0.376 e. The van der Waals surface area contributed by atoms with E-state index >= 15 is 0 Å². The molecule has 2 aliphatic rings. The first kappa shape index (κ1) is 8.10. The Hall–Kier alpha value is -0.520. The van der Waals surface area contributed by atoms with Crippen LogP contribution in [0.2, 0.25) is 0 Å². The van der Waals surface area contributed by atoms with Gasteiger partial charge >= 0.3 is 0 Å². The zero-order valence-electron chi connectivity index (χ0n) is 7.25. The van der Waals surface area contributed by atoms with E-state index in [-0.39, 0.29) is 0 Å². The van der Waals surface area contributed by atoms with Crippen LogP contribution in [0.25, 0.3) is 0 Å². The monoisotopic (exact) mass is 165 g/mol. The van der Waals surface area contributed by atoms with E-state index in [2.05, 4.69) is 11.2 Å². The van der Waals surface area contributed by atoms with Crippen LogP contribution in [0, 0.1) is 18.3 Å². The van der Waals surface area contributed by atoms with Gasteiger partial charge in [-0.15, -0.1) is 6.42 Å². The maximum Gasteiger partial charge on any atom is 0.0757 e. The van der Waals surface area contributed by atoms with Gasteiger partial charge in [-0.2, -0.15) is 0 Å². The molecule has 0 spiro atoms. The van der Waals surface area contributed by atoms with Crippen molar-refractivity contribution >= 4 is 0 Å². The quantitative estimate of drug-likeness (QED) is 0.624. The van der Waals surface area contributed by atoms with Gasteiger partial charge in [-0.25, -0.2) is 0 Å². The standard InChI is InChI=1S/C10H15NO/c1-2-6-11-9-5-7-12-10(9)8-3-4-8/h1,8-11H,3-7H2. The second-order valence-corrected chi connectivity index (χ2v) is 3.65. The first-order valence-electron chi connectivity index (χ1n) is 4.70. The molecule has 1 saturated carbocycles. The lowest BCUT2D eigenvalue weighted by molar-refractivity contribution is 0.0819. The van der Waals surface area contributed by atoms with Crippen LogP contribution < -0.4 is 5.32 Å². The molecule has 2 fully saturated rings. The minimum absolute atomic E-state index is 0.457. The van der Waals surface area contributed by atoms with Gasteiger partial charge in [0.05, 0.1) is 12.6 Å². The van der Waals surface area contributed by atoms with Crippen LogP contribution in [-0.2, 0) is 4.74 Å². The van der Waals surface area contributed by atoms with Crippen molar-refractivity contribution in [2.75, 3.05) is 13.2 Å². The van der Waals surface area contributed by atoms with Crippen LogP contribution in [0.3, 0.4) is 0 Å². The van der Waals surface area contributed by atoms with E-state index in [1.165, 1.54) is 12.8 Å². The van der Waals surface area contributed by atoms with Gasteiger partial charge in [0.25, 0.3) is 0 Å². The van der Waals surface area contributed by atoms with Gasteiger partial charge in [0.15, 0.2) is 0 Å². The molecule has 66 valence electrons. The molecule has 0 aromatic carbocycles. The van der Waals surface area contributed by atoms with Crippen LogP contribution in [-0.4, -0.2) is 25.3 Å². The lowest BCUT2D eigenvalue weighted by atomic mass is 10.1. The normalized spacial score (nSPS) is 34.9. The van der Waals surface area contributed by atoms with E-state index in [1.807, 2.05) is 0 Å². The average Bonchev–Trinajstić information content (AvgIpc) is 2.83. The molecular formula is C10H15NO. The molecule has 2 rings (SSSR count). The predicted octanol–water partition coefficient (Wildman–Crippen LogP) is 0.777. The van der Waals surface area contributed by atoms with Crippen LogP contribution in [0.1, 0.15) is 19.3 Å². The summed E-state index contributed by atoms with van der Waals surface area (Å²) in [6.07, 6.45) is 9.47. The molecule has 2 nitrogen and oxygen atoms in total. The summed E-state index contributed by atoms with van der Waals surface area (Å²) >= 11 is 0. The average molecular weight is 165 g/mol. The lowest BCUT2D eigenvalue weighted by Crippen LogP contribution is -2.37. The third-order valence-electron chi connectivity index (χ3n) is 2.69. The van der Waals surface area contributed by atoms with E-state index < -0.39 is 0 Å². The SMILES string of the molecule is C#CCNC1CCOC1C1CC1. The van der Waals surface area contributed by atoms with Gasteiger partial charge in [0, 0.05) is 12.6 Å². The van der Waals surface area contributed by atoms with Crippen LogP contribution >= 0.6 is 0 Å². The molecule has 0 aromatic rings. The van der Waals surface area contributed by atoms with Crippen molar-refractivity contribution in [1.29, 1.82) is 0 Å². The van der Waals surface area contributed by atoms with Crippen molar-refractivity contribution in [2.45, 2.75) is 31.4 Å². The van der Waals surface area contributed by atoms with Crippen LogP contribution in [0.4, 0.5) is 0 Å². The van der Waals surface area contributed by atoms with Crippen molar-refractivity contribution in [3.05, 3.63) is 0 Å². The second kappa shape index (κ2) is 3.47. The van der Waals surface area contributed by atoms with Crippen molar-refractivity contribution in [1.82, 2.24) is 5.32 Å². The van der Waals surface area contributed by atoms with Crippen molar-refractivity contribution in [3.8, 4) is 12.3 Å². The highest BCUT2D eigenvalue weighted by Crippen LogP contribution is 2.38. The molecule has 12 heavy (non-hydrogen) atoms. The molecule has 0 aromatic heterocycles. The summed E-state index contributed by atoms with van der Waals surface area (Å²) in [6, 6.07) is 0.522. The van der Waals surface area contributed by atoms with Crippen LogP contribution in [0.5, 0.6) is 0 Å². The highest BCUT2D eigenvalue weighted by atomic mass is 16.5. The van der Waals surface area contributed by atoms with Gasteiger partial charge in [0.2, 0.25) is 0 Å². The number of terminal acetylenes is 1. The zero-order valence-corrected chi connectivity index (χ0v) is 7.25. The summed E-state index contributed by atoms with van der Waals surface area (Å²) in [4.78, 5) is 0. The molecule has 1 aliphatic heterocycles. The summed E-state index contributed by atoms with van der Waals surface area (Å²) in [5.74, 6) is 3.43. The molecule has 2 heteroatoms. The van der Waals surface area contributed by atoms with Gasteiger partial charge in [0.1, 0.15) is 0 Å². The number of ether oxygens (including phenoxy) is 1. The smallest absolute Gasteiger partial charge is 0.0757 e. The van der Waals surface area contributed by atoms with E-state index in [0.717, 1.165) is 18.9 Å². The summed E-state index contributed by atoms with van der Waals surface area (Å²) < 4.78 is 5.66. The van der Waals surface area contributed by atoms with Gasteiger partial charge in [-0.05, 0) is 25.2 Å². The third-order valence-corrected chi connectivity index (χ3v) is 2.69. The van der Waals surface area contributed by atoms with Gasteiger partial charge in [-0.3, -0.25) is 0 Å². The Labute approximate surface area is 73.7 Å². The van der Waals surface area contributed by atoms with E-state index in [9.17, 15) is 0 Å². The first-order chi connectivity index (χ1) is 5.92. The molecule has 0 bridgehead atoms. The molecule has 0 amide bonds. The highest BCUT2D eigenvalue weighted by molar-refractivity contribution is 4.96. The molecule has 1 N–H and O–H groups in total. The van der Waals surface area contributed by atoms with Crippen molar-refractivity contribution in [3.63, 3.8) is 0 Å². The molecular weight excluding hydrogens is 150 g/mol. The summed E-state index contributed by atoms with van der Waals surface area (Å²) in [6.45, 7) is 1.58. The van der Waals surface area contributed by atoms with E-state index in [0.29, 0.717) is 18.7 Å². The third kappa shape index (κ3) is 1.63. The maximum absolute atomic E-state index is 5.66. The largest absolute Gasteiger partial charge is 0.376 e. The predicted molar refractivity (Wildman–Crippen MR) is 47.7 cm³/mol. The fraction of sp³-hybridized carbons (Fsp3) is 0.800. The maximum atomic E-state index is 5.66. The summed E-state index contributed by atoms with van der Waals surface area (Å²) in [5, 5.41) is 3.34. The number of nitrogens with one attached hydrogen (secondary N) is 1. The summed E-state index contributed by atoms with van der Waals surface area (Å²) in [7, 11) is 0. The molecule has 2 atom stereocenters. The Morgan fingerprint density at radius 1 is 1.42 bits per heavy atom. The molecule has 2 unspecified atom stereocenters. The zero-order chi connectivity index (χ0) is 8.39. The number of hydrogen-bond donors (Lipinski definition) is 1. The van der Waals surface area contributed by atoms with Crippen LogP contribution in [0.15, 0.2) is 0 Å². The lowest BCUT2D eigenvalue weighted by Gasteiger charge is -2.17. The number of rotatable bonds is 3. The highest BCUT2D eigenvalue weighted by Gasteiger charge is 2.40. The van der Waals surface area contributed by atoms with E-state index in [1.54, 1.807) is 0 Å². The second-order valence-electron chi connectivity index (χ2n) is 3.65. The first-order valence-corrected chi connectivity index (χ1v) is 4.70. The summed E-state index contributed by atoms with van der Waals surface area (Å²) in [5.41, 5.74) is 0. The van der Waals surface area contributed by atoms with Gasteiger partial charge in [-0.1, -0.05) is 5.92 Å². The van der Waals surface area contributed by atoms with Crippen molar-refractivity contribution in [2.24, 2.45) is 5.92 Å². The Kier molecular flexibility index (Phi) is 2.34.